The summed E-state index contributed by atoms with van der Waals surface area (Å²) in [4.78, 5) is 7.19. The first-order valence-electron chi connectivity index (χ1n) is 4.41. The van der Waals surface area contributed by atoms with Gasteiger partial charge in [-0.1, -0.05) is 0 Å². The fourth-order valence-corrected chi connectivity index (χ4v) is 1.54. The van der Waals surface area contributed by atoms with E-state index in [1.807, 2.05) is 0 Å². The zero-order valence-corrected chi connectivity index (χ0v) is 9.18. The lowest BCUT2D eigenvalue weighted by Crippen LogP contribution is -2.10. The molecule has 0 saturated carbocycles. The molecule has 1 aromatic heterocycles. The average molecular weight is 232 g/mol. The van der Waals surface area contributed by atoms with Gasteiger partial charge in [-0.2, -0.15) is 4.98 Å². The van der Waals surface area contributed by atoms with E-state index in [0.717, 1.165) is 6.20 Å². The molecular weight excluding hydrogens is 219 g/mol. The minimum Gasteiger partial charge on any atom is -0.368 e. The third kappa shape index (κ3) is 4.20. The summed E-state index contributed by atoms with van der Waals surface area (Å²) in [5.74, 6) is 0.152. The van der Waals surface area contributed by atoms with Gasteiger partial charge in [0.05, 0.1) is 6.20 Å². The molecule has 0 aliphatic rings. The Balaban J connectivity index is 2.43. The number of anilines is 2. The van der Waals surface area contributed by atoms with Crippen LogP contribution in [0.2, 0.25) is 0 Å². The monoisotopic (exact) mass is 232 g/mol. The van der Waals surface area contributed by atoms with Crippen LogP contribution in [0.1, 0.15) is 6.42 Å². The highest BCUT2D eigenvalue weighted by Gasteiger charge is 2.04. The average Bonchev–Trinajstić information content (AvgIpc) is 2.17. The quantitative estimate of drug-likeness (QED) is 0.717. The summed E-state index contributed by atoms with van der Waals surface area (Å²) in [6.45, 7) is 0.507. The summed E-state index contributed by atoms with van der Waals surface area (Å²) in [7, 11) is -0.824. The standard InChI is InChI=1S/C8H13FN4OS/c1-15(14)4-2-3-11-7-6(9)5-12-8(10)13-7/h5H,2-4H2,1H3,(H3,10,11,12,13). The van der Waals surface area contributed by atoms with Crippen LogP contribution in [-0.4, -0.2) is 32.7 Å². The lowest BCUT2D eigenvalue weighted by atomic mass is 10.4. The molecule has 1 rings (SSSR count). The molecule has 5 nitrogen and oxygen atoms in total. The van der Waals surface area contributed by atoms with E-state index >= 15 is 0 Å². The molecule has 0 saturated heterocycles. The molecule has 0 spiro atoms. The van der Waals surface area contributed by atoms with Gasteiger partial charge in [-0.05, 0) is 6.42 Å². The van der Waals surface area contributed by atoms with Crippen molar-refractivity contribution in [1.29, 1.82) is 0 Å². The van der Waals surface area contributed by atoms with Crippen molar-refractivity contribution in [1.82, 2.24) is 9.97 Å². The molecule has 1 heterocycles. The molecule has 1 aromatic rings. The second-order valence-electron chi connectivity index (χ2n) is 2.98. The molecule has 0 amide bonds. The van der Waals surface area contributed by atoms with Crippen molar-refractivity contribution in [3.8, 4) is 0 Å². The van der Waals surface area contributed by atoms with Gasteiger partial charge in [-0.3, -0.25) is 4.21 Å². The summed E-state index contributed by atoms with van der Waals surface area (Å²) in [6.07, 6.45) is 3.33. The lowest BCUT2D eigenvalue weighted by Gasteiger charge is -2.05. The second kappa shape index (κ2) is 5.59. The Morgan fingerprint density at radius 3 is 3.07 bits per heavy atom. The Hall–Kier alpha value is -1.24. The van der Waals surface area contributed by atoms with E-state index in [1.165, 1.54) is 0 Å². The summed E-state index contributed by atoms with van der Waals surface area (Å²) in [5.41, 5.74) is 5.30. The number of halogens is 1. The number of aromatic nitrogens is 2. The van der Waals surface area contributed by atoms with Crippen LogP contribution in [-0.2, 0) is 10.8 Å². The summed E-state index contributed by atoms with van der Waals surface area (Å²) >= 11 is 0. The number of rotatable bonds is 5. The van der Waals surface area contributed by atoms with Crippen LogP contribution in [0, 0.1) is 5.82 Å². The van der Waals surface area contributed by atoms with Crippen LogP contribution in [0.4, 0.5) is 16.2 Å². The van der Waals surface area contributed by atoms with Crippen molar-refractivity contribution >= 4 is 22.6 Å². The molecule has 0 aliphatic heterocycles. The second-order valence-corrected chi connectivity index (χ2v) is 4.54. The van der Waals surface area contributed by atoms with Gasteiger partial charge in [0.15, 0.2) is 11.6 Å². The molecular formula is C8H13FN4OS. The molecule has 0 aliphatic carbocycles. The van der Waals surface area contributed by atoms with Gasteiger partial charge >= 0.3 is 0 Å². The molecule has 84 valence electrons. The predicted molar refractivity (Wildman–Crippen MR) is 58.4 cm³/mol. The van der Waals surface area contributed by atoms with Crippen molar-refractivity contribution in [2.75, 3.05) is 29.6 Å². The van der Waals surface area contributed by atoms with Crippen LogP contribution < -0.4 is 11.1 Å². The van der Waals surface area contributed by atoms with E-state index in [9.17, 15) is 8.60 Å². The highest BCUT2D eigenvalue weighted by Crippen LogP contribution is 2.09. The van der Waals surface area contributed by atoms with Gasteiger partial charge in [0.25, 0.3) is 0 Å². The van der Waals surface area contributed by atoms with E-state index in [2.05, 4.69) is 15.3 Å². The van der Waals surface area contributed by atoms with Crippen LogP contribution in [0.5, 0.6) is 0 Å². The van der Waals surface area contributed by atoms with Gasteiger partial charge < -0.3 is 11.1 Å². The van der Waals surface area contributed by atoms with E-state index in [0.29, 0.717) is 18.7 Å². The van der Waals surface area contributed by atoms with E-state index in [1.54, 1.807) is 6.26 Å². The van der Waals surface area contributed by atoms with Crippen molar-refractivity contribution < 1.29 is 8.60 Å². The van der Waals surface area contributed by atoms with Crippen LogP contribution in [0.3, 0.4) is 0 Å². The minimum atomic E-state index is -0.824. The molecule has 1 atom stereocenters. The van der Waals surface area contributed by atoms with E-state index in [4.69, 9.17) is 5.73 Å². The summed E-state index contributed by atoms with van der Waals surface area (Å²) < 4.78 is 23.8. The van der Waals surface area contributed by atoms with Crippen LogP contribution in [0.25, 0.3) is 0 Å². The molecule has 0 bridgehead atoms. The fourth-order valence-electron chi connectivity index (χ4n) is 0.987. The number of hydrogen-bond donors (Lipinski definition) is 2. The van der Waals surface area contributed by atoms with Crippen molar-refractivity contribution in [3.05, 3.63) is 12.0 Å². The highest BCUT2D eigenvalue weighted by molar-refractivity contribution is 7.84. The van der Waals surface area contributed by atoms with E-state index < -0.39 is 16.6 Å². The van der Waals surface area contributed by atoms with Crippen molar-refractivity contribution in [2.24, 2.45) is 0 Å². The molecule has 0 radical (unpaired) electrons. The first kappa shape index (κ1) is 11.8. The zero-order valence-electron chi connectivity index (χ0n) is 8.36. The van der Waals surface area contributed by atoms with Gasteiger partial charge in [-0.25, -0.2) is 9.37 Å². The number of nitrogen functional groups attached to an aromatic ring is 1. The fraction of sp³-hybridized carbons (Fsp3) is 0.500. The van der Waals surface area contributed by atoms with Crippen molar-refractivity contribution in [3.63, 3.8) is 0 Å². The van der Waals surface area contributed by atoms with Gasteiger partial charge in [0, 0.05) is 29.4 Å². The Bertz CT molecular complexity index is 360. The van der Waals surface area contributed by atoms with Gasteiger partial charge in [0.2, 0.25) is 5.95 Å². The molecule has 7 heteroatoms. The SMILES string of the molecule is CS(=O)CCCNc1nc(N)ncc1F. The molecule has 0 fully saturated rings. The largest absolute Gasteiger partial charge is 0.368 e. The summed E-state index contributed by atoms with van der Waals surface area (Å²) in [5, 5.41) is 2.77. The first-order chi connectivity index (χ1) is 7.09. The topological polar surface area (TPSA) is 80.9 Å². The number of nitrogens with two attached hydrogens (primary N) is 1. The Kier molecular flexibility index (Phi) is 4.41. The lowest BCUT2D eigenvalue weighted by molar-refractivity contribution is 0.617. The highest BCUT2D eigenvalue weighted by atomic mass is 32.2. The molecule has 1 unspecified atom stereocenters. The zero-order chi connectivity index (χ0) is 11.3. The predicted octanol–water partition coefficient (Wildman–Crippen LogP) is 0.378. The normalized spacial score (nSPS) is 12.4. The third-order valence-corrected chi connectivity index (χ3v) is 2.53. The maximum Gasteiger partial charge on any atom is 0.222 e. The van der Waals surface area contributed by atoms with Crippen molar-refractivity contribution in [2.45, 2.75) is 6.42 Å². The number of hydrogen-bond acceptors (Lipinski definition) is 5. The first-order valence-corrected chi connectivity index (χ1v) is 6.14. The third-order valence-electron chi connectivity index (χ3n) is 1.66. The Labute approximate surface area is 89.8 Å². The van der Waals surface area contributed by atoms with Crippen LogP contribution in [0.15, 0.2) is 6.20 Å². The van der Waals surface area contributed by atoms with Gasteiger partial charge in [0.1, 0.15) is 0 Å². The van der Waals surface area contributed by atoms with Gasteiger partial charge in [-0.15, -0.1) is 0 Å². The Morgan fingerprint density at radius 2 is 2.40 bits per heavy atom. The van der Waals surface area contributed by atoms with E-state index in [-0.39, 0.29) is 11.8 Å². The maximum atomic E-state index is 13.1. The number of nitrogens with zero attached hydrogens (tertiary/aromatic N) is 2. The molecule has 0 aromatic carbocycles. The summed E-state index contributed by atoms with van der Waals surface area (Å²) in [6, 6.07) is 0. The molecule has 3 N–H and O–H groups in total. The Morgan fingerprint density at radius 1 is 1.67 bits per heavy atom. The maximum absolute atomic E-state index is 13.1. The molecule has 15 heavy (non-hydrogen) atoms. The van der Waals surface area contributed by atoms with Crippen LogP contribution >= 0.6 is 0 Å². The smallest absolute Gasteiger partial charge is 0.222 e. The minimum absolute atomic E-state index is 0.0259. The number of nitrogens with one attached hydrogen (secondary N) is 1.